The Labute approximate surface area is 103 Å². The fraction of sp³-hybridized carbons (Fsp3) is 0.538. The third-order valence-corrected chi connectivity index (χ3v) is 3.35. The molecule has 0 aliphatic rings. The van der Waals surface area contributed by atoms with Crippen LogP contribution in [0.15, 0.2) is 29.2 Å². The van der Waals surface area contributed by atoms with E-state index in [9.17, 15) is 5.11 Å². The highest BCUT2D eigenvalue weighted by Gasteiger charge is 2.19. The normalized spacial score (nSPS) is 11.6. The first-order chi connectivity index (χ1) is 7.48. The summed E-state index contributed by atoms with van der Waals surface area (Å²) in [5.41, 5.74) is 1.13. The molecule has 0 saturated heterocycles. The minimum absolute atomic E-state index is 0.0626. The van der Waals surface area contributed by atoms with E-state index in [1.807, 2.05) is 0 Å². The summed E-state index contributed by atoms with van der Waals surface area (Å²) in [7, 11) is 2.06. The Bertz CT molecular complexity index is 321. The molecular weight excluding hydrogens is 218 g/mol. The third kappa shape index (κ3) is 3.72. The van der Waals surface area contributed by atoms with Crippen LogP contribution in [0.5, 0.6) is 0 Å². The monoisotopic (exact) mass is 239 g/mol. The van der Waals surface area contributed by atoms with Crippen molar-refractivity contribution >= 4 is 17.4 Å². The predicted octanol–water partition coefficient (Wildman–Crippen LogP) is 2.86. The summed E-state index contributed by atoms with van der Waals surface area (Å²) in [6.07, 6.45) is 2.08. The summed E-state index contributed by atoms with van der Waals surface area (Å²) in [6.45, 7) is 5.20. The van der Waals surface area contributed by atoms with Gasteiger partial charge in [0.15, 0.2) is 0 Å². The van der Waals surface area contributed by atoms with E-state index in [2.05, 4.69) is 56.3 Å². The second-order valence-corrected chi connectivity index (χ2v) is 5.76. The summed E-state index contributed by atoms with van der Waals surface area (Å²) >= 11 is 1.75. The summed E-state index contributed by atoms with van der Waals surface area (Å²) in [6, 6.07) is 8.50. The molecule has 0 aromatic heterocycles. The van der Waals surface area contributed by atoms with Crippen molar-refractivity contribution in [3.8, 4) is 0 Å². The molecule has 0 saturated carbocycles. The van der Waals surface area contributed by atoms with Crippen LogP contribution in [-0.2, 0) is 0 Å². The van der Waals surface area contributed by atoms with Gasteiger partial charge in [0.2, 0.25) is 0 Å². The zero-order valence-corrected chi connectivity index (χ0v) is 11.3. The molecule has 0 bridgehead atoms. The number of anilines is 1. The highest BCUT2D eigenvalue weighted by atomic mass is 32.2. The molecule has 0 aliphatic carbocycles. The first kappa shape index (κ1) is 13.4. The molecule has 1 aromatic carbocycles. The van der Waals surface area contributed by atoms with Crippen LogP contribution in [0.25, 0.3) is 0 Å². The average Bonchev–Trinajstić information content (AvgIpc) is 2.28. The zero-order valence-electron chi connectivity index (χ0n) is 10.5. The number of aliphatic hydroxyl groups is 1. The first-order valence-corrected chi connectivity index (χ1v) is 6.67. The number of aliphatic hydroxyl groups excluding tert-OH is 1. The molecule has 0 aliphatic heterocycles. The Morgan fingerprint density at radius 1 is 1.25 bits per heavy atom. The van der Waals surface area contributed by atoms with E-state index in [1.165, 1.54) is 10.6 Å². The van der Waals surface area contributed by atoms with Gasteiger partial charge in [0, 0.05) is 36.2 Å². The van der Waals surface area contributed by atoms with E-state index < -0.39 is 0 Å². The van der Waals surface area contributed by atoms with Gasteiger partial charge in [0.05, 0.1) is 0 Å². The average molecular weight is 239 g/mol. The largest absolute Gasteiger partial charge is 0.396 e. The molecule has 0 fully saturated rings. The second kappa shape index (κ2) is 5.60. The molecule has 16 heavy (non-hydrogen) atoms. The smallest absolute Gasteiger partial charge is 0.0499 e. The van der Waals surface area contributed by atoms with E-state index in [4.69, 9.17) is 0 Å². The molecule has 3 heteroatoms. The topological polar surface area (TPSA) is 23.5 Å². The van der Waals surface area contributed by atoms with Crippen LogP contribution in [0.1, 0.15) is 13.8 Å². The van der Waals surface area contributed by atoms with Crippen molar-refractivity contribution in [1.29, 1.82) is 0 Å². The first-order valence-electron chi connectivity index (χ1n) is 5.44. The molecule has 0 unspecified atom stereocenters. The van der Waals surface area contributed by atoms with Crippen molar-refractivity contribution in [2.75, 3.05) is 31.4 Å². The highest BCUT2D eigenvalue weighted by Crippen LogP contribution is 2.23. The molecule has 0 spiro atoms. The minimum Gasteiger partial charge on any atom is -0.396 e. The van der Waals surface area contributed by atoms with E-state index >= 15 is 0 Å². The molecule has 90 valence electrons. The van der Waals surface area contributed by atoms with Crippen molar-refractivity contribution in [2.45, 2.75) is 18.7 Å². The van der Waals surface area contributed by atoms with Crippen molar-refractivity contribution < 1.29 is 5.11 Å². The van der Waals surface area contributed by atoms with Crippen molar-refractivity contribution in [3.05, 3.63) is 24.3 Å². The summed E-state index contributed by atoms with van der Waals surface area (Å²) in [5, 5.41) is 9.24. The Balaban J connectivity index is 2.69. The standard InChI is InChI=1S/C13H21NOS/c1-13(2,10-15)9-14(3)11-5-7-12(16-4)8-6-11/h5-8,15H,9-10H2,1-4H3. The quantitative estimate of drug-likeness (QED) is 0.799. The van der Waals surface area contributed by atoms with Crippen molar-refractivity contribution in [1.82, 2.24) is 0 Å². The molecular formula is C13H21NOS. The lowest BCUT2D eigenvalue weighted by molar-refractivity contribution is 0.165. The zero-order chi connectivity index (χ0) is 12.2. The fourth-order valence-electron chi connectivity index (χ4n) is 1.62. The molecule has 0 heterocycles. The van der Waals surface area contributed by atoms with Crippen LogP contribution < -0.4 is 4.90 Å². The number of nitrogens with zero attached hydrogens (tertiary/aromatic N) is 1. The van der Waals surface area contributed by atoms with Gasteiger partial charge in [-0.05, 0) is 30.5 Å². The fourth-order valence-corrected chi connectivity index (χ4v) is 2.03. The third-order valence-electron chi connectivity index (χ3n) is 2.61. The SMILES string of the molecule is CSc1ccc(N(C)CC(C)(C)CO)cc1. The Hall–Kier alpha value is -0.670. The van der Waals surface area contributed by atoms with E-state index in [-0.39, 0.29) is 12.0 Å². The van der Waals surface area contributed by atoms with Gasteiger partial charge in [-0.25, -0.2) is 0 Å². The van der Waals surface area contributed by atoms with Crippen LogP contribution in [0.4, 0.5) is 5.69 Å². The highest BCUT2D eigenvalue weighted by molar-refractivity contribution is 7.98. The van der Waals surface area contributed by atoms with E-state index in [0.717, 1.165) is 6.54 Å². The molecule has 1 N–H and O–H groups in total. The van der Waals surface area contributed by atoms with Crippen molar-refractivity contribution in [3.63, 3.8) is 0 Å². The molecule has 1 rings (SSSR count). The maximum atomic E-state index is 9.24. The van der Waals surface area contributed by atoms with Gasteiger partial charge >= 0.3 is 0 Å². The van der Waals surface area contributed by atoms with Gasteiger partial charge in [0.25, 0.3) is 0 Å². The van der Waals surface area contributed by atoms with Crippen LogP contribution in [-0.4, -0.2) is 31.6 Å². The number of hydrogen-bond acceptors (Lipinski definition) is 3. The Morgan fingerprint density at radius 3 is 2.25 bits per heavy atom. The number of rotatable bonds is 5. The van der Waals surface area contributed by atoms with Gasteiger partial charge in [-0.15, -0.1) is 11.8 Å². The number of benzene rings is 1. The molecule has 2 nitrogen and oxygen atoms in total. The lowest BCUT2D eigenvalue weighted by Gasteiger charge is -2.30. The van der Waals surface area contributed by atoms with Gasteiger partial charge in [0.1, 0.15) is 0 Å². The number of thioether (sulfide) groups is 1. The minimum atomic E-state index is -0.0626. The molecule has 0 radical (unpaired) electrons. The Kier molecular flexibility index (Phi) is 4.69. The van der Waals surface area contributed by atoms with Crippen LogP contribution in [0.2, 0.25) is 0 Å². The molecule has 0 atom stereocenters. The summed E-state index contributed by atoms with van der Waals surface area (Å²) in [4.78, 5) is 3.46. The maximum absolute atomic E-state index is 9.24. The van der Waals surface area contributed by atoms with Crippen LogP contribution in [0.3, 0.4) is 0 Å². The lowest BCUT2D eigenvalue weighted by atomic mass is 9.94. The van der Waals surface area contributed by atoms with Gasteiger partial charge in [-0.2, -0.15) is 0 Å². The summed E-state index contributed by atoms with van der Waals surface area (Å²) < 4.78 is 0. The van der Waals surface area contributed by atoms with Gasteiger partial charge < -0.3 is 10.0 Å². The second-order valence-electron chi connectivity index (χ2n) is 4.88. The molecule has 0 amide bonds. The van der Waals surface area contributed by atoms with E-state index in [0.29, 0.717) is 0 Å². The lowest BCUT2D eigenvalue weighted by Crippen LogP contribution is -2.33. The molecule has 1 aromatic rings. The van der Waals surface area contributed by atoms with Crippen LogP contribution in [0, 0.1) is 5.41 Å². The van der Waals surface area contributed by atoms with Crippen molar-refractivity contribution in [2.24, 2.45) is 5.41 Å². The number of hydrogen-bond donors (Lipinski definition) is 1. The van der Waals surface area contributed by atoms with Gasteiger partial charge in [-0.3, -0.25) is 0 Å². The van der Waals surface area contributed by atoms with Gasteiger partial charge in [-0.1, -0.05) is 13.8 Å². The maximum Gasteiger partial charge on any atom is 0.0499 e. The van der Waals surface area contributed by atoms with Crippen LogP contribution >= 0.6 is 11.8 Å². The van der Waals surface area contributed by atoms with E-state index in [1.54, 1.807) is 11.8 Å². The summed E-state index contributed by atoms with van der Waals surface area (Å²) in [5.74, 6) is 0. The predicted molar refractivity (Wildman–Crippen MR) is 72.4 cm³/mol. The Morgan fingerprint density at radius 2 is 1.81 bits per heavy atom.